The van der Waals surface area contributed by atoms with Crippen molar-refractivity contribution in [1.82, 2.24) is 0 Å². The number of para-hydroxylation sites is 1. The second kappa shape index (κ2) is 6.59. The van der Waals surface area contributed by atoms with Crippen molar-refractivity contribution in [3.63, 3.8) is 0 Å². The van der Waals surface area contributed by atoms with E-state index in [1.807, 2.05) is 42.5 Å². The monoisotopic (exact) mass is 320 g/mol. The Kier molecular flexibility index (Phi) is 4.82. The molecular weight excluding hydrogens is 304 g/mol. The summed E-state index contributed by atoms with van der Waals surface area (Å²) in [6.45, 7) is 1.26. The van der Waals surface area contributed by atoms with Crippen LogP contribution >= 0.6 is 15.9 Å². The second-order valence-corrected chi connectivity index (χ2v) is 5.11. The number of benzene rings is 2. The Morgan fingerprint density at radius 1 is 1.16 bits per heavy atom. The van der Waals surface area contributed by atoms with E-state index in [1.54, 1.807) is 7.11 Å². The molecule has 0 heterocycles. The van der Waals surface area contributed by atoms with Gasteiger partial charge in [-0.05, 0) is 23.8 Å². The van der Waals surface area contributed by atoms with Crippen LogP contribution in [-0.4, -0.2) is 7.11 Å². The molecule has 0 saturated carbocycles. The number of halogens is 1. The van der Waals surface area contributed by atoms with Crippen LogP contribution in [0.25, 0.3) is 0 Å². The summed E-state index contributed by atoms with van der Waals surface area (Å²) in [7, 11) is 1.69. The summed E-state index contributed by atoms with van der Waals surface area (Å²) in [4.78, 5) is 0. The summed E-state index contributed by atoms with van der Waals surface area (Å²) in [6.07, 6.45) is 0. The Hall–Kier alpha value is -1.52. The Morgan fingerprint density at radius 2 is 1.95 bits per heavy atom. The van der Waals surface area contributed by atoms with Gasteiger partial charge in [0.1, 0.15) is 0 Å². The zero-order valence-corrected chi connectivity index (χ0v) is 12.4. The van der Waals surface area contributed by atoms with E-state index in [2.05, 4.69) is 21.2 Å². The highest BCUT2D eigenvalue weighted by molar-refractivity contribution is 9.10. The topological polar surface area (TPSA) is 47.3 Å². The number of nitrogen functional groups attached to an aromatic ring is 1. The first kappa shape index (κ1) is 13.9. The zero-order chi connectivity index (χ0) is 13.7. The van der Waals surface area contributed by atoms with Gasteiger partial charge < -0.3 is 15.8 Å². The van der Waals surface area contributed by atoms with Crippen molar-refractivity contribution in [3.05, 3.63) is 58.1 Å². The molecule has 3 N–H and O–H groups in total. The Labute approximate surface area is 121 Å². The van der Waals surface area contributed by atoms with Crippen molar-refractivity contribution in [2.45, 2.75) is 13.2 Å². The summed E-state index contributed by atoms with van der Waals surface area (Å²) in [5.74, 6) is 0. The highest BCUT2D eigenvalue weighted by Gasteiger charge is 2.06. The molecule has 0 amide bonds. The number of hydrogen-bond acceptors (Lipinski definition) is 3. The van der Waals surface area contributed by atoms with Crippen LogP contribution in [0, 0.1) is 0 Å². The Balaban J connectivity index is 2.16. The first-order chi connectivity index (χ1) is 9.22. The molecule has 0 aliphatic heterocycles. The van der Waals surface area contributed by atoms with E-state index in [1.165, 1.54) is 0 Å². The molecule has 0 unspecified atom stereocenters. The highest BCUT2D eigenvalue weighted by Crippen LogP contribution is 2.26. The van der Waals surface area contributed by atoms with Crippen LogP contribution in [0.15, 0.2) is 46.9 Å². The lowest BCUT2D eigenvalue weighted by atomic mass is 10.1. The van der Waals surface area contributed by atoms with E-state index in [4.69, 9.17) is 10.5 Å². The molecule has 2 aromatic carbocycles. The van der Waals surface area contributed by atoms with Gasteiger partial charge in [0.15, 0.2) is 0 Å². The van der Waals surface area contributed by atoms with Gasteiger partial charge in [-0.2, -0.15) is 0 Å². The molecule has 3 nitrogen and oxygen atoms in total. The van der Waals surface area contributed by atoms with Gasteiger partial charge in [0.25, 0.3) is 0 Å². The van der Waals surface area contributed by atoms with E-state index in [9.17, 15) is 0 Å². The van der Waals surface area contributed by atoms with Crippen LogP contribution in [0.3, 0.4) is 0 Å². The van der Waals surface area contributed by atoms with Crippen LogP contribution in [-0.2, 0) is 17.9 Å². The quantitative estimate of drug-likeness (QED) is 0.824. The number of hydrogen-bond donors (Lipinski definition) is 2. The number of nitrogens with one attached hydrogen (secondary N) is 1. The molecule has 0 aliphatic rings. The van der Waals surface area contributed by atoms with Crippen molar-refractivity contribution >= 4 is 27.3 Å². The lowest BCUT2D eigenvalue weighted by Gasteiger charge is -2.14. The maximum atomic E-state index is 5.94. The van der Waals surface area contributed by atoms with Crippen molar-refractivity contribution in [3.8, 4) is 0 Å². The van der Waals surface area contributed by atoms with Gasteiger partial charge in [0.2, 0.25) is 0 Å². The number of methoxy groups -OCH3 is 1. The summed E-state index contributed by atoms with van der Waals surface area (Å²) in [5, 5.41) is 3.41. The van der Waals surface area contributed by atoms with E-state index in [-0.39, 0.29) is 0 Å². The van der Waals surface area contributed by atoms with E-state index >= 15 is 0 Å². The van der Waals surface area contributed by atoms with Gasteiger partial charge in [0.05, 0.1) is 6.61 Å². The maximum Gasteiger partial charge on any atom is 0.0744 e. The molecule has 2 rings (SSSR count). The number of anilines is 2. The van der Waals surface area contributed by atoms with Gasteiger partial charge in [-0.25, -0.2) is 0 Å². The van der Waals surface area contributed by atoms with Crippen LogP contribution in [0.5, 0.6) is 0 Å². The standard InChI is InChI=1S/C15H17BrN2O/c1-19-10-12-13(16)6-4-8-15(12)18-9-11-5-2-3-7-14(11)17/h2-8,18H,9-10,17H2,1H3. The first-order valence-corrected chi connectivity index (χ1v) is 6.85. The summed E-state index contributed by atoms with van der Waals surface area (Å²) >= 11 is 3.54. The van der Waals surface area contributed by atoms with Gasteiger partial charge >= 0.3 is 0 Å². The smallest absolute Gasteiger partial charge is 0.0744 e. The largest absolute Gasteiger partial charge is 0.398 e. The minimum Gasteiger partial charge on any atom is -0.398 e. The van der Waals surface area contributed by atoms with Crippen molar-refractivity contribution in [2.24, 2.45) is 0 Å². The fourth-order valence-electron chi connectivity index (χ4n) is 1.90. The molecule has 19 heavy (non-hydrogen) atoms. The summed E-state index contributed by atoms with van der Waals surface area (Å²) in [6, 6.07) is 13.9. The lowest BCUT2D eigenvalue weighted by Crippen LogP contribution is -2.05. The average Bonchev–Trinajstić information content (AvgIpc) is 2.41. The predicted molar refractivity (Wildman–Crippen MR) is 83.0 cm³/mol. The molecule has 0 saturated heterocycles. The molecule has 0 atom stereocenters. The van der Waals surface area contributed by atoms with Gasteiger partial charge in [-0.1, -0.05) is 40.2 Å². The second-order valence-electron chi connectivity index (χ2n) is 4.25. The minimum atomic E-state index is 0.564. The molecule has 0 aromatic heterocycles. The number of rotatable bonds is 5. The first-order valence-electron chi connectivity index (χ1n) is 6.06. The maximum absolute atomic E-state index is 5.94. The average molecular weight is 321 g/mol. The molecule has 2 aromatic rings. The summed E-state index contributed by atoms with van der Waals surface area (Å²) < 4.78 is 6.27. The van der Waals surface area contributed by atoms with E-state index in [0.717, 1.165) is 27.0 Å². The minimum absolute atomic E-state index is 0.564. The fourth-order valence-corrected chi connectivity index (χ4v) is 2.38. The highest BCUT2D eigenvalue weighted by atomic mass is 79.9. The zero-order valence-electron chi connectivity index (χ0n) is 10.8. The third-order valence-electron chi connectivity index (χ3n) is 2.93. The van der Waals surface area contributed by atoms with E-state index in [0.29, 0.717) is 13.2 Å². The Morgan fingerprint density at radius 3 is 2.68 bits per heavy atom. The fraction of sp³-hybridized carbons (Fsp3) is 0.200. The van der Waals surface area contributed by atoms with Gasteiger partial charge in [-0.3, -0.25) is 0 Å². The molecule has 0 radical (unpaired) electrons. The predicted octanol–water partition coefficient (Wildman–Crippen LogP) is 3.79. The van der Waals surface area contributed by atoms with Crippen molar-refractivity contribution < 1.29 is 4.74 Å². The van der Waals surface area contributed by atoms with Crippen LogP contribution in [0.4, 0.5) is 11.4 Å². The lowest BCUT2D eigenvalue weighted by molar-refractivity contribution is 0.185. The Bertz CT molecular complexity index is 558. The third-order valence-corrected chi connectivity index (χ3v) is 3.67. The normalized spacial score (nSPS) is 10.4. The molecule has 0 aliphatic carbocycles. The number of nitrogens with two attached hydrogens (primary N) is 1. The number of ether oxygens (including phenoxy) is 1. The molecule has 0 spiro atoms. The molecule has 0 fully saturated rings. The third kappa shape index (κ3) is 3.49. The molecular formula is C15H17BrN2O. The van der Waals surface area contributed by atoms with Crippen LogP contribution < -0.4 is 11.1 Å². The van der Waals surface area contributed by atoms with Crippen LogP contribution in [0.1, 0.15) is 11.1 Å². The van der Waals surface area contributed by atoms with Gasteiger partial charge in [-0.15, -0.1) is 0 Å². The van der Waals surface area contributed by atoms with Crippen LogP contribution in [0.2, 0.25) is 0 Å². The van der Waals surface area contributed by atoms with Crippen molar-refractivity contribution in [1.29, 1.82) is 0 Å². The van der Waals surface area contributed by atoms with E-state index < -0.39 is 0 Å². The van der Waals surface area contributed by atoms with Gasteiger partial charge in [0, 0.05) is 35.1 Å². The molecule has 0 bridgehead atoms. The SMILES string of the molecule is COCc1c(Br)cccc1NCc1ccccc1N. The molecule has 4 heteroatoms. The molecule has 100 valence electrons. The van der Waals surface area contributed by atoms with Crippen molar-refractivity contribution in [2.75, 3.05) is 18.2 Å². The summed E-state index contributed by atoms with van der Waals surface area (Å²) in [5.41, 5.74) is 10.00.